The molecule has 1 aliphatic heterocycles. The molecule has 0 atom stereocenters. The van der Waals surface area contributed by atoms with Crippen LogP contribution in [0.2, 0.25) is 5.02 Å². The lowest BCUT2D eigenvalue weighted by molar-refractivity contribution is 0.0697. The second kappa shape index (κ2) is 5.51. The highest BCUT2D eigenvalue weighted by molar-refractivity contribution is 6.33. The Hall–Kier alpha value is -1.37. The van der Waals surface area contributed by atoms with Gasteiger partial charge in [-0.25, -0.2) is 14.8 Å². The number of hydrogen-bond acceptors (Lipinski definition) is 5. The van der Waals surface area contributed by atoms with Crippen molar-refractivity contribution in [2.75, 3.05) is 38.7 Å². The van der Waals surface area contributed by atoms with Crippen LogP contribution in [-0.2, 0) is 0 Å². The maximum absolute atomic E-state index is 10.9. The van der Waals surface area contributed by atoms with Crippen LogP contribution in [0.15, 0.2) is 12.3 Å². The van der Waals surface area contributed by atoms with Gasteiger partial charge in [-0.3, -0.25) is 0 Å². The molecule has 18 heavy (non-hydrogen) atoms. The molecule has 0 saturated carbocycles. The van der Waals surface area contributed by atoms with E-state index in [1.807, 2.05) is 5.01 Å². The second-order valence-corrected chi connectivity index (χ2v) is 4.66. The first kappa shape index (κ1) is 13.1. The van der Waals surface area contributed by atoms with Crippen LogP contribution in [0.1, 0.15) is 10.4 Å². The number of anilines is 1. The Labute approximate surface area is 110 Å². The Morgan fingerprint density at radius 2 is 2.11 bits per heavy atom. The molecule has 98 valence electrons. The van der Waals surface area contributed by atoms with Gasteiger partial charge in [-0.2, -0.15) is 0 Å². The van der Waals surface area contributed by atoms with Crippen molar-refractivity contribution in [3.8, 4) is 0 Å². The number of aromatic nitrogens is 1. The standard InChI is InChI=1S/C11H15ClN4O2/c1-15-2-4-16(5-3-15)14-10-6-8(11(17)18)9(12)7-13-10/h6-7H,2-5H2,1H3,(H,13,14)(H,17,18). The number of rotatable bonds is 3. The fourth-order valence-electron chi connectivity index (χ4n) is 1.74. The van der Waals surface area contributed by atoms with Crippen molar-refractivity contribution < 1.29 is 9.90 Å². The van der Waals surface area contributed by atoms with Gasteiger partial charge in [0.05, 0.1) is 10.6 Å². The molecule has 0 spiro atoms. The number of hydrogen-bond donors (Lipinski definition) is 2. The summed E-state index contributed by atoms with van der Waals surface area (Å²) in [6, 6.07) is 1.45. The van der Waals surface area contributed by atoms with Gasteiger partial charge in [-0.05, 0) is 13.1 Å². The Balaban J connectivity index is 2.05. The van der Waals surface area contributed by atoms with Gasteiger partial charge in [0.1, 0.15) is 5.82 Å². The quantitative estimate of drug-likeness (QED) is 0.854. The smallest absolute Gasteiger partial charge is 0.337 e. The number of hydrazine groups is 1. The summed E-state index contributed by atoms with van der Waals surface area (Å²) in [6.07, 6.45) is 1.35. The first-order chi connectivity index (χ1) is 8.56. The summed E-state index contributed by atoms with van der Waals surface area (Å²) in [4.78, 5) is 17.3. The molecule has 0 aromatic carbocycles. The molecule has 1 fully saturated rings. The van der Waals surface area contributed by atoms with E-state index >= 15 is 0 Å². The molecule has 6 nitrogen and oxygen atoms in total. The third-order valence-electron chi connectivity index (χ3n) is 2.86. The average molecular weight is 271 g/mol. The van der Waals surface area contributed by atoms with Crippen molar-refractivity contribution in [2.24, 2.45) is 0 Å². The summed E-state index contributed by atoms with van der Waals surface area (Å²) in [5.74, 6) is -0.551. The van der Waals surface area contributed by atoms with Crippen LogP contribution in [0.3, 0.4) is 0 Å². The summed E-state index contributed by atoms with van der Waals surface area (Å²) < 4.78 is 0. The Bertz CT molecular complexity index is 447. The van der Waals surface area contributed by atoms with E-state index in [9.17, 15) is 4.79 Å². The first-order valence-corrected chi connectivity index (χ1v) is 6.03. The number of aromatic carboxylic acids is 1. The minimum absolute atomic E-state index is 0.0586. The van der Waals surface area contributed by atoms with Gasteiger partial charge in [-0.15, -0.1) is 0 Å². The van der Waals surface area contributed by atoms with Crippen molar-refractivity contribution in [1.29, 1.82) is 0 Å². The van der Waals surface area contributed by atoms with E-state index in [0.29, 0.717) is 5.82 Å². The molecule has 2 rings (SSSR count). The number of likely N-dealkylation sites (N-methyl/N-ethyl adjacent to an activating group) is 1. The predicted molar refractivity (Wildman–Crippen MR) is 68.9 cm³/mol. The maximum Gasteiger partial charge on any atom is 0.337 e. The number of nitrogens with one attached hydrogen (secondary N) is 1. The van der Waals surface area contributed by atoms with E-state index in [1.165, 1.54) is 12.3 Å². The van der Waals surface area contributed by atoms with E-state index in [1.54, 1.807) is 0 Å². The van der Waals surface area contributed by atoms with Crippen LogP contribution >= 0.6 is 11.6 Å². The van der Waals surface area contributed by atoms with E-state index in [2.05, 4.69) is 22.4 Å². The molecular weight excluding hydrogens is 256 g/mol. The van der Waals surface area contributed by atoms with Crippen LogP contribution in [0.25, 0.3) is 0 Å². The summed E-state index contributed by atoms with van der Waals surface area (Å²) >= 11 is 5.76. The minimum atomic E-state index is -1.05. The number of halogens is 1. The largest absolute Gasteiger partial charge is 0.478 e. The minimum Gasteiger partial charge on any atom is -0.478 e. The summed E-state index contributed by atoms with van der Waals surface area (Å²) in [5, 5.41) is 11.1. The average Bonchev–Trinajstić information content (AvgIpc) is 2.34. The van der Waals surface area contributed by atoms with Crippen molar-refractivity contribution in [3.63, 3.8) is 0 Å². The molecule has 0 aliphatic carbocycles. The lowest BCUT2D eigenvalue weighted by Gasteiger charge is -2.32. The summed E-state index contributed by atoms with van der Waals surface area (Å²) in [5.41, 5.74) is 3.16. The van der Waals surface area contributed by atoms with Gasteiger partial charge in [0.15, 0.2) is 0 Å². The second-order valence-electron chi connectivity index (χ2n) is 4.26. The lowest BCUT2D eigenvalue weighted by atomic mass is 10.2. The molecule has 0 bridgehead atoms. The predicted octanol–water partition coefficient (Wildman–Crippen LogP) is 1.01. The number of carboxylic acids is 1. The van der Waals surface area contributed by atoms with E-state index < -0.39 is 5.97 Å². The molecule has 1 aromatic rings. The van der Waals surface area contributed by atoms with Crippen LogP contribution in [0.5, 0.6) is 0 Å². The van der Waals surface area contributed by atoms with Gasteiger partial charge < -0.3 is 15.4 Å². The fourth-order valence-corrected chi connectivity index (χ4v) is 1.93. The molecular formula is C11H15ClN4O2. The summed E-state index contributed by atoms with van der Waals surface area (Å²) in [7, 11) is 2.07. The molecule has 1 aliphatic rings. The number of carbonyl (C=O) groups is 1. The van der Waals surface area contributed by atoms with Gasteiger partial charge >= 0.3 is 5.97 Å². The number of carboxylic acid groups (broad SMARTS) is 1. The van der Waals surface area contributed by atoms with Crippen molar-refractivity contribution in [3.05, 3.63) is 22.8 Å². The molecule has 1 saturated heterocycles. The number of nitrogens with zero attached hydrogens (tertiary/aromatic N) is 3. The highest BCUT2D eigenvalue weighted by Crippen LogP contribution is 2.18. The molecule has 7 heteroatoms. The monoisotopic (exact) mass is 270 g/mol. The highest BCUT2D eigenvalue weighted by atomic mass is 35.5. The third-order valence-corrected chi connectivity index (χ3v) is 3.16. The lowest BCUT2D eigenvalue weighted by Crippen LogP contribution is -2.47. The van der Waals surface area contributed by atoms with Crippen molar-refractivity contribution in [1.82, 2.24) is 14.9 Å². The Morgan fingerprint density at radius 1 is 1.44 bits per heavy atom. The Kier molecular flexibility index (Phi) is 4.00. The molecule has 0 unspecified atom stereocenters. The number of pyridine rings is 1. The highest BCUT2D eigenvalue weighted by Gasteiger charge is 2.15. The maximum atomic E-state index is 10.9. The molecule has 2 heterocycles. The van der Waals surface area contributed by atoms with E-state index in [0.717, 1.165) is 26.2 Å². The van der Waals surface area contributed by atoms with Gasteiger partial charge in [-0.1, -0.05) is 11.6 Å². The van der Waals surface area contributed by atoms with Gasteiger partial charge in [0.25, 0.3) is 0 Å². The van der Waals surface area contributed by atoms with Gasteiger partial charge in [0, 0.05) is 32.4 Å². The molecule has 2 N–H and O–H groups in total. The zero-order chi connectivity index (χ0) is 13.1. The zero-order valence-electron chi connectivity index (χ0n) is 10.1. The van der Waals surface area contributed by atoms with Crippen LogP contribution in [0, 0.1) is 0 Å². The van der Waals surface area contributed by atoms with Gasteiger partial charge in [0.2, 0.25) is 0 Å². The molecule has 0 radical (unpaired) electrons. The van der Waals surface area contributed by atoms with Crippen LogP contribution in [-0.4, -0.2) is 59.2 Å². The third kappa shape index (κ3) is 3.10. The van der Waals surface area contributed by atoms with Crippen LogP contribution < -0.4 is 5.43 Å². The Morgan fingerprint density at radius 3 is 2.72 bits per heavy atom. The first-order valence-electron chi connectivity index (χ1n) is 5.65. The van der Waals surface area contributed by atoms with Crippen molar-refractivity contribution >= 4 is 23.4 Å². The molecule has 0 amide bonds. The zero-order valence-corrected chi connectivity index (χ0v) is 10.8. The normalized spacial score (nSPS) is 17.7. The van der Waals surface area contributed by atoms with Crippen LogP contribution in [0.4, 0.5) is 5.82 Å². The van der Waals surface area contributed by atoms with E-state index in [-0.39, 0.29) is 10.6 Å². The molecule has 1 aromatic heterocycles. The SMILES string of the molecule is CN1CCN(Nc2cc(C(=O)O)c(Cl)cn2)CC1. The fraction of sp³-hybridized carbons (Fsp3) is 0.455. The summed E-state index contributed by atoms with van der Waals surface area (Å²) in [6.45, 7) is 3.66. The topological polar surface area (TPSA) is 68.7 Å². The number of piperazine rings is 1. The van der Waals surface area contributed by atoms with Crippen molar-refractivity contribution in [2.45, 2.75) is 0 Å². The van der Waals surface area contributed by atoms with E-state index in [4.69, 9.17) is 16.7 Å².